The van der Waals surface area contributed by atoms with Gasteiger partial charge in [0.25, 0.3) is 0 Å². The van der Waals surface area contributed by atoms with E-state index in [1.165, 1.54) is 13.1 Å². The van der Waals surface area contributed by atoms with Crippen LogP contribution >= 0.6 is 15.9 Å². The van der Waals surface area contributed by atoms with Crippen molar-refractivity contribution in [1.82, 2.24) is 9.29 Å². The van der Waals surface area contributed by atoms with Gasteiger partial charge in [-0.05, 0) is 28.4 Å². The Morgan fingerprint density at radius 1 is 1.53 bits per heavy atom. The molecule has 2 N–H and O–H groups in total. The van der Waals surface area contributed by atoms with Crippen LogP contribution in [0.1, 0.15) is 13.3 Å². The minimum atomic E-state index is -3.67. The number of nitrogens with one attached hydrogen (secondary N) is 1. The van der Waals surface area contributed by atoms with Gasteiger partial charge in [0.2, 0.25) is 10.0 Å². The first-order valence-corrected chi connectivity index (χ1v) is 8.13. The van der Waals surface area contributed by atoms with E-state index in [0.29, 0.717) is 16.8 Å². The van der Waals surface area contributed by atoms with Crippen LogP contribution in [0.4, 0.5) is 5.82 Å². The van der Waals surface area contributed by atoms with Crippen molar-refractivity contribution in [3.8, 4) is 0 Å². The summed E-state index contributed by atoms with van der Waals surface area (Å²) < 4.78 is 26.4. The predicted octanol–water partition coefficient (Wildman–Crippen LogP) is 1.28. The molecule has 0 amide bonds. The van der Waals surface area contributed by atoms with Gasteiger partial charge in [-0.3, -0.25) is 0 Å². The smallest absolute Gasteiger partial charge is 0.246 e. The van der Waals surface area contributed by atoms with Gasteiger partial charge in [-0.1, -0.05) is 6.92 Å². The van der Waals surface area contributed by atoms with Crippen LogP contribution in [-0.2, 0) is 10.0 Å². The molecule has 6 nitrogen and oxygen atoms in total. The van der Waals surface area contributed by atoms with Gasteiger partial charge in [0, 0.05) is 30.8 Å². The van der Waals surface area contributed by atoms with Gasteiger partial charge < -0.3 is 10.4 Å². The van der Waals surface area contributed by atoms with Crippen LogP contribution in [0, 0.1) is 0 Å². The summed E-state index contributed by atoms with van der Waals surface area (Å²) in [4.78, 5) is 4.20. The number of aromatic nitrogens is 1. The highest BCUT2D eigenvalue weighted by Gasteiger charge is 2.24. The standard InChI is InChI=1S/C11H18BrN3O3S/c1-3-4-13-11-10(7-9(12)8-14-11)19(17,18)15(2)5-6-16/h7-8,16H,3-6H2,1-2H3,(H,13,14). The maximum Gasteiger partial charge on any atom is 0.246 e. The lowest BCUT2D eigenvalue weighted by molar-refractivity contribution is 0.266. The van der Waals surface area contributed by atoms with Gasteiger partial charge in [0.05, 0.1) is 6.61 Å². The molecule has 1 aromatic rings. The number of hydrogen-bond acceptors (Lipinski definition) is 5. The lowest BCUT2D eigenvalue weighted by Crippen LogP contribution is -2.30. The summed E-state index contributed by atoms with van der Waals surface area (Å²) in [6, 6.07) is 1.51. The van der Waals surface area contributed by atoms with E-state index in [9.17, 15) is 8.42 Å². The van der Waals surface area contributed by atoms with E-state index in [-0.39, 0.29) is 18.0 Å². The minimum absolute atomic E-state index is 0.0437. The van der Waals surface area contributed by atoms with Crippen molar-refractivity contribution >= 4 is 31.8 Å². The van der Waals surface area contributed by atoms with Gasteiger partial charge in [0.15, 0.2) is 0 Å². The predicted molar refractivity (Wildman–Crippen MR) is 77.6 cm³/mol. The Labute approximate surface area is 122 Å². The highest BCUT2D eigenvalue weighted by Crippen LogP contribution is 2.25. The Balaban J connectivity index is 3.19. The van der Waals surface area contributed by atoms with Crippen LogP contribution in [0.5, 0.6) is 0 Å². The van der Waals surface area contributed by atoms with E-state index in [2.05, 4.69) is 26.2 Å². The zero-order valence-electron chi connectivity index (χ0n) is 10.9. The second-order valence-electron chi connectivity index (χ2n) is 3.98. The maximum atomic E-state index is 12.4. The number of rotatable bonds is 7. The average molecular weight is 352 g/mol. The summed E-state index contributed by atoms with van der Waals surface area (Å²) in [5.74, 6) is 0.329. The zero-order valence-corrected chi connectivity index (χ0v) is 13.3. The van der Waals surface area contributed by atoms with Gasteiger partial charge in [-0.15, -0.1) is 0 Å². The topological polar surface area (TPSA) is 82.5 Å². The fraction of sp³-hybridized carbons (Fsp3) is 0.545. The number of aliphatic hydroxyl groups is 1. The Morgan fingerprint density at radius 2 is 2.21 bits per heavy atom. The zero-order chi connectivity index (χ0) is 14.5. The van der Waals surface area contributed by atoms with Gasteiger partial charge in [-0.25, -0.2) is 13.4 Å². The first kappa shape index (κ1) is 16.4. The number of nitrogens with zero attached hydrogens (tertiary/aromatic N) is 2. The number of pyridine rings is 1. The lowest BCUT2D eigenvalue weighted by atomic mass is 10.4. The van der Waals surface area contributed by atoms with Crippen molar-refractivity contribution in [3.05, 3.63) is 16.7 Å². The molecule has 0 spiro atoms. The van der Waals surface area contributed by atoms with Crippen molar-refractivity contribution in [2.75, 3.05) is 32.1 Å². The third-order valence-corrected chi connectivity index (χ3v) is 4.77. The molecule has 0 atom stereocenters. The molecule has 0 aliphatic heterocycles. The highest BCUT2D eigenvalue weighted by molar-refractivity contribution is 9.10. The maximum absolute atomic E-state index is 12.4. The molecule has 1 rings (SSSR count). The second kappa shape index (κ2) is 7.18. The lowest BCUT2D eigenvalue weighted by Gasteiger charge is -2.18. The molecule has 0 aromatic carbocycles. The van der Waals surface area contributed by atoms with Crippen molar-refractivity contribution in [3.63, 3.8) is 0 Å². The van der Waals surface area contributed by atoms with Crippen LogP contribution < -0.4 is 5.32 Å². The number of likely N-dealkylation sites (N-methyl/N-ethyl adjacent to an activating group) is 1. The summed E-state index contributed by atoms with van der Waals surface area (Å²) in [6.07, 6.45) is 2.41. The van der Waals surface area contributed by atoms with E-state index in [1.54, 1.807) is 6.20 Å². The van der Waals surface area contributed by atoms with E-state index < -0.39 is 10.0 Å². The number of anilines is 1. The van der Waals surface area contributed by atoms with Gasteiger partial charge >= 0.3 is 0 Å². The van der Waals surface area contributed by atoms with E-state index in [4.69, 9.17) is 5.11 Å². The molecule has 8 heteroatoms. The molecule has 0 fully saturated rings. The largest absolute Gasteiger partial charge is 0.395 e. The molecule has 0 aliphatic carbocycles. The van der Waals surface area contributed by atoms with Crippen LogP contribution in [-0.4, -0.2) is 49.6 Å². The molecule has 0 saturated heterocycles. The molecule has 0 saturated carbocycles. The molecule has 0 unspecified atom stereocenters. The van der Waals surface area contributed by atoms with Crippen molar-refractivity contribution in [2.24, 2.45) is 0 Å². The molecular formula is C11H18BrN3O3S. The van der Waals surface area contributed by atoms with Gasteiger partial charge in [-0.2, -0.15) is 4.31 Å². The fourth-order valence-electron chi connectivity index (χ4n) is 1.42. The van der Waals surface area contributed by atoms with Crippen molar-refractivity contribution in [2.45, 2.75) is 18.2 Å². The SMILES string of the molecule is CCCNc1ncc(Br)cc1S(=O)(=O)N(C)CCO. The van der Waals surface area contributed by atoms with Crippen LogP contribution in [0.25, 0.3) is 0 Å². The van der Waals surface area contributed by atoms with Crippen LogP contribution in [0.15, 0.2) is 21.6 Å². The Morgan fingerprint density at radius 3 is 2.79 bits per heavy atom. The highest BCUT2D eigenvalue weighted by atomic mass is 79.9. The number of halogens is 1. The summed E-state index contributed by atoms with van der Waals surface area (Å²) >= 11 is 3.22. The van der Waals surface area contributed by atoms with E-state index >= 15 is 0 Å². The normalized spacial score (nSPS) is 11.8. The summed E-state index contributed by atoms with van der Waals surface area (Å²) in [5.41, 5.74) is 0. The first-order valence-electron chi connectivity index (χ1n) is 5.90. The van der Waals surface area contributed by atoms with E-state index in [1.807, 2.05) is 6.92 Å². The van der Waals surface area contributed by atoms with Crippen molar-refractivity contribution in [1.29, 1.82) is 0 Å². The molecule has 1 heterocycles. The third kappa shape index (κ3) is 4.13. The first-order chi connectivity index (χ1) is 8.93. The minimum Gasteiger partial charge on any atom is -0.395 e. The fourth-order valence-corrected chi connectivity index (χ4v) is 3.21. The Kier molecular flexibility index (Phi) is 6.18. The number of hydrogen-bond donors (Lipinski definition) is 2. The second-order valence-corrected chi connectivity index (χ2v) is 6.91. The third-order valence-electron chi connectivity index (χ3n) is 2.46. The summed E-state index contributed by atoms with van der Waals surface area (Å²) in [6.45, 7) is 2.44. The van der Waals surface area contributed by atoms with Crippen LogP contribution in [0.2, 0.25) is 0 Å². The molecular weight excluding hydrogens is 334 g/mol. The molecule has 1 aromatic heterocycles. The quantitative estimate of drug-likeness (QED) is 0.773. The molecule has 19 heavy (non-hydrogen) atoms. The molecule has 0 radical (unpaired) electrons. The Hall–Kier alpha value is -0.700. The molecule has 0 aliphatic rings. The molecule has 0 bridgehead atoms. The average Bonchev–Trinajstić information content (AvgIpc) is 2.37. The van der Waals surface area contributed by atoms with Crippen molar-refractivity contribution < 1.29 is 13.5 Å². The van der Waals surface area contributed by atoms with E-state index in [0.717, 1.165) is 10.7 Å². The molecule has 108 valence electrons. The monoisotopic (exact) mass is 351 g/mol. The Bertz CT molecular complexity index is 522. The van der Waals surface area contributed by atoms with Gasteiger partial charge in [0.1, 0.15) is 10.7 Å². The summed E-state index contributed by atoms with van der Waals surface area (Å²) in [7, 11) is -2.24. The number of sulfonamides is 1. The summed E-state index contributed by atoms with van der Waals surface area (Å²) in [5, 5.41) is 11.9. The van der Waals surface area contributed by atoms with Crippen LogP contribution in [0.3, 0.4) is 0 Å². The number of aliphatic hydroxyl groups excluding tert-OH is 1.